The monoisotopic (exact) mass is 337 g/mol. The van der Waals surface area contributed by atoms with E-state index in [4.69, 9.17) is 4.74 Å². The molecule has 1 aliphatic rings. The zero-order valence-corrected chi connectivity index (χ0v) is 14.1. The molecule has 3 heterocycles. The van der Waals surface area contributed by atoms with Gasteiger partial charge >= 0.3 is 0 Å². The number of H-pyrrole nitrogens is 1. The topological polar surface area (TPSA) is 67.8 Å². The first kappa shape index (κ1) is 16.1. The van der Waals surface area contributed by atoms with Crippen LogP contribution in [-0.2, 0) is 11.3 Å². The average molecular weight is 337 g/mol. The summed E-state index contributed by atoms with van der Waals surface area (Å²) < 4.78 is 7.98. The van der Waals surface area contributed by atoms with Crippen LogP contribution in [-0.4, -0.2) is 33.1 Å². The lowest BCUT2D eigenvalue weighted by atomic mass is 9.91. The van der Waals surface area contributed by atoms with Crippen LogP contribution in [0.4, 0.5) is 0 Å². The molecule has 0 radical (unpaired) electrons. The molecule has 0 amide bonds. The van der Waals surface area contributed by atoms with Crippen molar-refractivity contribution < 1.29 is 4.74 Å². The van der Waals surface area contributed by atoms with Gasteiger partial charge in [0.15, 0.2) is 0 Å². The molecule has 0 aliphatic carbocycles. The van der Waals surface area contributed by atoms with E-state index in [-0.39, 0.29) is 6.10 Å². The quantitative estimate of drug-likeness (QED) is 0.726. The second kappa shape index (κ2) is 7.63. The molecule has 1 aliphatic heterocycles. The van der Waals surface area contributed by atoms with Crippen molar-refractivity contribution in [3.05, 3.63) is 66.2 Å². The van der Waals surface area contributed by atoms with Gasteiger partial charge in [-0.25, -0.2) is 4.68 Å². The molecule has 25 heavy (non-hydrogen) atoms. The Bertz CT molecular complexity index is 768. The van der Waals surface area contributed by atoms with Crippen LogP contribution in [0.3, 0.4) is 0 Å². The van der Waals surface area contributed by atoms with Crippen molar-refractivity contribution in [1.29, 1.82) is 0 Å². The van der Waals surface area contributed by atoms with Gasteiger partial charge in [-0.2, -0.15) is 10.2 Å². The van der Waals surface area contributed by atoms with Crippen molar-refractivity contribution in [2.75, 3.05) is 13.2 Å². The predicted octanol–water partition coefficient (Wildman–Crippen LogP) is 2.85. The molecular formula is C19H23N5O. The summed E-state index contributed by atoms with van der Waals surface area (Å²) in [6.45, 7) is 2.52. The molecule has 1 fully saturated rings. The first-order valence-corrected chi connectivity index (χ1v) is 8.81. The maximum absolute atomic E-state index is 6.00. The van der Waals surface area contributed by atoms with Crippen LogP contribution in [0.5, 0.6) is 0 Å². The summed E-state index contributed by atoms with van der Waals surface area (Å²) in [5.41, 5.74) is 3.38. The van der Waals surface area contributed by atoms with Crippen molar-refractivity contribution in [2.24, 2.45) is 5.92 Å². The smallest absolute Gasteiger partial charge is 0.0895 e. The molecule has 6 nitrogen and oxygen atoms in total. The summed E-state index contributed by atoms with van der Waals surface area (Å²) in [5, 5.41) is 15.0. The Labute approximate surface area is 147 Å². The minimum Gasteiger partial charge on any atom is -0.373 e. The summed E-state index contributed by atoms with van der Waals surface area (Å²) >= 11 is 0. The Morgan fingerprint density at radius 3 is 3.00 bits per heavy atom. The summed E-state index contributed by atoms with van der Waals surface area (Å²) in [6.07, 6.45) is 8.06. The maximum Gasteiger partial charge on any atom is 0.0895 e. The number of ether oxygens (including phenoxy) is 1. The maximum atomic E-state index is 6.00. The van der Waals surface area contributed by atoms with E-state index in [1.165, 1.54) is 6.42 Å². The highest BCUT2D eigenvalue weighted by atomic mass is 16.5. The van der Waals surface area contributed by atoms with E-state index in [0.29, 0.717) is 5.92 Å². The van der Waals surface area contributed by atoms with Crippen LogP contribution in [0.2, 0.25) is 0 Å². The molecule has 0 spiro atoms. The first-order valence-electron chi connectivity index (χ1n) is 8.81. The zero-order chi connectivity index (χ0) is 16.9. The molecule has 2 aromatic heterocycles. The third-order valence-corrected chi connectivity index (χ3v) is 4.73. The lowest BCUT2D eigenvalue weighted by Gasteiger charge is -2.31. The summed E-state index contributed by atoms with van der Waals surface area (Å²) in [7, 11) is 0. The van der Waals surface area contributed by atoms with Gasteiger partial charge in [-0.1, -0.05) is 18.2 Å². The molecule has 0 unspecified atom stereocenters. The first-order chi connectivity index (χ1) is 12.4. The fourth-order valence-electron chi connectivity index (χ4n) is 3.49. The number of rotatable bonds is 6. The van der Waals surface area contributed by atoms with Crippen molar-refractivity contribution in [3.8, 4) is 5.69 Å². The van der Waals surface area contributed by atoms with Crippen LogP contribution >= 0.6 is 0 Å². The van der Waals surface area contributed by atoms with Gasteiger partial charge in [0.05, 0.1) is 23.7 Å². The highest BCUT2D eigenvalue weighted by Crippen LogP contribution is 2.32. The summed E-state index contributed by atoms with van der Waals surface area (Å²) in [5.74, 6) is 0.458. The van der Waals surface area contributed by atoms with Gasteiger partial charge in [0.25, 0.3) is 0 Å². The Morgan fingerprint density at radius 2 is 2.16 bits per heavy atom. The van der Waals surface area contributed by atoms with E-state index in [0.717, 1.165) is 43.1 Å². The van der Waals surface area contributed by atoms with Gasteiger partial charge in [0.1, 0.15) is 0 Å². The molecule has 1 saturated heterocycles. The highest BCUT2D eigenvalue weighted by Gasteiger charge is 2.27. The van der Waals surface area contributed by atoms with E-state index in [1.54, 1.807) is 0 Å². The second-order valence-corrected chi connectivity index (χ2v) is 6.43. The van der Waals surface area contributed by atoms with E-state index in [9.17, 15) is 0 Å². The number of benzene rings is 1. The second-order valence-electron chi connectivity index (χ2n) is 6.43. The minimum absolute atomic E-state index is 0.124. The van der Waals surface area contributed by atoms with Gasteiger partial charge in [-0.15, -0.1) is 0 Å². The van der Waals surface area contributed by atoms with Crippen LogP contribution < -0.4 is 5.32 Å². The van der Waals surface area contributed by atoms with Crippen LogP contribution in [0, 0.1) is 5.92 Å². The van der Waals surface area contributed by atoms with E-state index < -0.39 is 0 Å². The molecular weight excluding hydrogens is 314 g/mol. The molecule has 0 saturated carbocycles. The number of nitrogens with one attached hydrogen (secondary N) is 2. The van der Waals surface area contributed by atoms with Gasteiger partial charge in [0, 0.05) is 43.6 Å². The van der Waals surface area contributed by atoms with E-state index in [1.807, 2.05) is 41.5 Å². The van der Waals surface area contributed by atoms with Gasteiger partial charge in [-0.3, -0.25) is 5.10 Å². The average Bonchev–Trinajstić information content (AvgIpc) is 3.35. The fraction of sp³-hybridized carbons (Fsp3) is 0.368. The van der Waals surface area contributed by atoms with Gasteiger partial charge < -0.3 is 10.1 Å². The number of nitrogens with zero attached hydrogens (tertiary/aromatic N) is 3. The van der Waals surface area contributed by atoms with Crippen LogP contribution in [0.1, 0.15) is 30.2 Å². The van der Waals surface area contributed by atoms with Crippen molar-refractivity contribution in [3.63, 3.8) is 0 Å². The lowest BCUT2D eigenvalue weighted by Crippen LogP contribution is -2.32. The van der Waals surface area contributed by atoms with Crippen LogP contribution in [0.15, 0.2) is 55.0 Å². The normalized spacial score (nSPS) is 20.6. The summed E-state index contributed by atoms with van der Waals surface area (Å²) in [6, 6.07) is 12.3. The molecule has 1 aromatic carbocycles. The third-order valence-electron chi connectivity index (χ3n) is 4.73. The van der Waals surface area contributed by atoms with E-state index >= 15 is 0 Å². The molecule has 130 valence electrons. The van der Waals surface area contributed by atoms with Gasteiger partial charge in [-0.05, 0) is 31.0 Å². The largest absolute Gasteiger partial charge is 0.373 e. The molecule has 0 bridgehead atoms. The predicted molar refractivity (Wildman–Crippen MR) is 95.3 cm³/mol. The number of hydrogen-bond donors (Lipinski definition) is 2. The Balaban J connectivity index is 1.39. The molecule has 2 N–H and O–H groups in total. The van der Waals surface area contributed by atoms with Gasteiger partial charge in [0.2, 0.25) is 0 Å². The molecule has 2 atom stereocenters. The molecule has 6 heteroatoms. The van der Waals surface area contributed by atoms with Crippen molar-refractivity contribution in [2.45, 2.75) is 25.5 Å². The standard InChI is InChI=1S/C19H23N5O/c1-2-6-17(7-3-1)24-18(8-9-23-24)14-20-11-15-5-4-10-25-19(15)16-12-21-22-13-16/h1-3,6-9,12-13,15,19-20H,4-5,10-11,14H2,(H,21,22)/t15-,19+/m0/s1. The number of hydrogen-bond acceptors (Lipinski definition) is 4. The number of para-hydroxylation sites is 1. The Hall–Kier alpha value is -2.44. The third kappa shape index (κ3) is 3.65. The van der Waals surface area contributed by atoms with Crippen molar-refractivity contribution >= 4 is 0 Å². The SMILES string of the molecule is c1ccc(-n2nccc2CNC[C@@H]2CCCO[C@H]2c2cn[nH]c2)cc1. The number of aromatic nitrogens is 4. The van der Waals surface area contributed by atoms with E-state index in [2.05, 4.69) is 38.8 Å². The highest BCUT2D eigenvalue weighted by molar-refractivity contribution is 5.32. The lowest BCUT2D eigenvalue weighted by molar-refractivity contribution is -0.0278. The molecule has 3 aromatic rings. The minimum atomic E-state index is 0.124. The number of aromatic amines is 1. The Kier molecular flexibility index (Phi) is 4.90. The Morgan fingerprint density at radius 1 is 1.24 bits per heavy atom. The van der Waals surface area contributed by atoms with Crippen molar-refractivity contribution in [1.82, 2.24) is 25.3 Å². The fourth-order valence-corrected chi connectivity index (χ4v) is 3.49. The zero-order valence-electron chi connectivity index (χ0n) is 14.1. The molecule has 4 rings (SSSR count). The van der Waals surface area contributed by atoms with Crippen LogP contribution in [0.25, 0.3) is 5.69 Å². The summed E-state index contributed by atoms with van der Waals surface area (Å²) in [4.78, 5) is 0.